The second kappa shape index (κ2) is 5.99. The van der Waals surface area contributed by atoms with E-state index in [-0.39, 0.29) is 12.4 Å². The fourth-order valence-corrected chi connectivity index (χ4v) is 2.00. The number of benzene rings is 1. The lowest BCUT2D eigenvalue weighted by molar-refractivity contribution is 0.817. The van der Waals surface area contributed by atoms with Crippen LogP contribution in [0.4, 0.5) is 5.69 Å². The van der Waals surface area contributed by atoms with E-state index in [0.717, 1.165) is 6.54 Å². The van der Waals surface area contributed by atoms with Crippen LogP contribution in [0, 0.1) is 0 Å². The fourth-order valence-electron chi connectivity index (χ4n) is 2.00. The minimum absolute atomic E-state index is 0. The predicted molar refractivity (Wildman–Crippen MR) is 67.9 cm³/mol. The third kappa shape index (κ3) is 3.11. The third-order valence-electron chi connectivity index (χ3n) is 2.79. The Hall–Kier alpha value is -0.730. The van der Waals surface area contributed by atoms with Gasteiger partial charge in [0.2, 0.25) is 0 Å². The molecular formula is C12H19ClN2. The SMILES string of the molecule is CNCc1ccc(N2CCCC2)cc1.Cl. The van der Waals surface area contributed by atoms with E-state index in [1.54, 1.807) is 0 Å². The summed E-state index contributed by atoms with van der Waals surface area (Å²) in [5.74, 6) is 0. The summed E-state index contributed by atoms with van der Waals surface area (Å²) < 4.78 is 0. The molecule has 2 nitrogen and oxygen atoms in total. The van der Waals surface area contributed by atoms with Crippen LogP contribution in [0.5, 0.6) is 0 Å². The minimum Gasteiger partial charge on any atom is -0.372 e. The maximum absolute atomic E-state index is 3.16. The highest BCUT2D eigenvalue weighted by Gasteiger charge is 2.11. The number of nitrogens with one attached hydrogen (secondary N) is 1. The molecule has 0 amide bonds. The molecule has 0 aliphatic carbocycles. The molecule has 84 valence electrons. The molecule has 1 aliphatic rings. The fraction of sp³-hybridized carbons (Fsp3) is 0.500. The normalized spacial score (nSPS) is 15.1. The molecule has 2 rings (SSSR count). The molecule has 0 unspecified atom stereocenters. The van der Waals surface area contributed by atoms with Gasteiger partial charge in [0, 0.05) is 25.3 Å². The van der Waals surface area contributed by atoms with Gasteiger partial charge in [-0.1, -0.05) is 12.1 Å². The Balaban J connectivity index is 0.00000112. The van der Waals surface area contributed by atoms with Crippen molar-refractivity contribution in [1.29, 1.82) is 0 Å². The van der Waals surface area contributed by atoms with Gasteiger partial charge in [-0.25, -0.2) is 0 Å². The van der Waals surface area contributed by atoms with Crippen molar-refractivity contribution in [2.75, 3.05) is 25.0 Å². The van der Waals surface area contributed by atoms with Gasteiger partial charge >= 0.3 is 0 Å². The van der Waals surface area contributed by atoms with Gasteiger partial charge in [-0.2, -0.15) is 0 Å². The van der Waals surface area contributed by atoms with Crippen LogP contribution in [0.1, 0.15) is 18.4 Å². The van der Waals surface area contributed by atoms with Crippen LogP contribution < -0.4 is 10.2 Å². The van der Waals surface area contributed by atoms with Crippen LogP contribution in [0.15, 0.2) is 24.3 Å². The zero-order chi connectivity index (χ0) is 9.80. The van der Waals surface area contributed by atoms with Crippen LogP contribution >= 0.6 is 12.4 Å². The first kappa shape index (κ1) is 12.3. The van der Waals surface area contributed by atoms with Gasteiger partial charge < -0.3 is 10.2 Å². The Bertz CT molecular complexity index is 278. The topological polar surface area (TPSA) is 15.3 Å². The van der Waals surface area contributed by atoms with Gasteiger partial charge in [0.15, 0.2) is 0 Å². The number of nitrogens with zero attached hydrogens (tertiary/aromatic N) is 1. The van der Waals surface area contributed by atoms with Crippen LogP contribution in [0.3, 0.4) is 0 Å². The number of anilines is 1. The molecule has 1 saturated heterocycles. The lowest BCUT2D eigenvalue weighted by Crippen LogP contribution is -2.17. The standard InChI is InChI=1S/C12H18N2.ClH/c1-13-10-11-4-6-12(7-5-11)14-8-2-3-9-14;/h4-7,13H,2-3,8-10H2,1H3;1H. The number of rotatable bonds is 3. The Morgan fingerprint density at radius 3 is 2.27 bits per heavy atom. The van der Waals surface area contributed by atoms with Crippen molar-refractivity contribution < 1.29 is 0 Å². The second-order valence-electron chi connectivity index (χ2n) is 3.89. The zero-order valence-electron chi connectivity index (χ0n) is 9.20. The highest BCUT2D eigenvalue weighted by atomic mass is 35.5. The van der Waals surface area contributed by atoms with E-state index >= 15 is 0 Å². The van der Waals surface area contributed by atoms with Crippen molar-refractivity contribution in [3.05, 3.63) is 29.8 Å². The molecule has 3 heteroatoms. The minimum atomic E-state index is 0. The summed E-state index contributed by atoms with van der Waals surface area (Å²) in [5, 5.41) is 3.16. The van der Waals surface area contributed by atoms with Gasteiger partial charge in [-0.05, 0) is 37.6 Å². The van der Waals surface area contributed by atoms with Crippen molar-refractivity contribution in [1.82, 2.24) is 5.32 Å². The van der Waals surface area contributed by atoms with E-state index in [1.165, 1.54) is 37.2 Å². The first-order valence-electron chi connectivity index (χ1n) is 5.38. The summed E-state index contributed by atoms with van der Waals surface area (Å²) in [7, 11) is 1.98. The zero-order valence-corrected chi connectivity index (χ0v) is 10.0. The molecule has 0 bridgehead atoms. The van der Waals surface area contributed by atoms with E-state index < -0.39 is 0 Å². The first-order chi connectivity index (χ1) is 6.90. The Morgan fingerprint density at radius 2 is 1.73 bits per heavy atom. The molecular weight excluding hydrogens is 208 g/mol. The van der Waals surface area contributed by atoms with E-state index in [9.17, 15) is 0 Å². The second-order valence-corrected chi connectivity index (χ2v) is 3.89. The largest absolute Gasteiger partial charge is 0.372 e. The molecule has 0 spiro atoms. The van der Waals surface area contributed by atoms with Crippen LogP contribution in [-0.2, 0) is 6.54 Å². The molecule has 0 radical (unpaired) electrons. The molecule has 1 aromatic carbocycles. The molecule has 1 heterocycles. The smallest absolute Gasteiger partial charge is 0.0366 e. The molecule has 0 atom stereocenters. The molecule has 1 aromatic rings. The Kier molecular flexibility index (Phi) is 4.92. The van der Waals surface area contributed by atoms with Gasteiger partial charge in [-0.15, -0.1) is 12.4 Å². The van der Waals surface area contributed by atoms with Crippen molar-refractivity contribution in [2.45, 2.75) is 19.4 Å². The van der Waals surface area contributed by atoms with Crippen molar-refractivity contribution in [2.24, 2.45) is 0 Å². The quantitative estimate of drug-likeness (QED) is 0.852. The average molecular weight is 227 g/mol. The van der Waals surface area contributed by atoms with Crippen LogP contribution in [0.2, 0.25) is 0 Å². The molecule has 15 heavy (non-hydrogen) atoms. The van der Waals surface area contributed by atoms with Crippen molar-refractivity contribution in [3.63, 3.8) is 0 Å². The van der Waals surface area contributed by atoms with E-state index in [2.05, 4.69) is 34.5 Å². The summed E-state index contributed by atoms with van der Waals surface area (Å²) in [6.07, 6.45) is 2.69. The molecule has 1 fully saturated rings. The monoisotopic (exact) mass is 226 g/mol. The van der Waals surface area contributed by atoms with E-state index in [1.807, 2.05) is 7.05 Å². The Labute approximate surface area is 98.1 Å². The first-order valence-corrected chi connectivity index (χ1v) is 5.38. The summed E-state index contributed by atoms with van der Waals surface area (Å²) in [5.41, 5.74) is 2.73. The van der Waals surface area contributed by atoms with E-state index in [0.29, 0.717) is 0 Å². The number of halogens is 1. The van der Waals surface area contributed by atoms with Gasteiger partial charge in [0.25, 0.3) is 0 Å². The van der Waals surface area contributed by atoms with Gasteiger partial charge in [-0.3, -0.25) is 0 Å². The van der Waals surface area contributed by atoms with Crippen molar-refractivity contribution in [3.8, 4) is 0 Å². The maximum atomic E-state index is 3.16. The number of hydrogen-bond acceptors (Lipinski definition) is 2. The van der Waals surface area contributed by atoms with Gasteiger partial charge in [0.05, 0.1) is 0 Å². The predicted octanol–water partition coefficient (Wildman–Crippen LogP) is 2.43. The summed E-state index contributed by atoms with van der Waals surface area (Å²) in [4.78, 5) is 2.46. The molecule has 0 aromatic heterocycles. The lowest BCUT2D eigenvalue weighted by Gasteiger charge is -2.17. The van der Waals surface area contributed by atoms with Crippen LogP contribution in [0.25, 0.3) is 0 Å². The molecule has 1 aliphatic heterocycles. The van der Waals surface area contributed by atoms with Crippen molar-refractivity contribution >= 4 is 18.1 Å². The van der Waals surface area contributed by atoms with Crippen LogP contribution in [-0.4, -0.2) is 20.1 Å². The summed E-state index contributed by atoms with van der Waals surface area (Å²) >= 11 is 0. The highest BCUT2D eigenvalue weighted by molar-refractivity contribution is 5.85. The summed E-state index contributed by atoms with van der Waals surface area (Å²) in [6.45, 7) is 3.41. The van der Waals surface area contributed by atoms with E-state index in [4.69, 9.17) is 0 Å². The average Bonchev–Trinajstić information content (AvgIpc) is 2.72. The van der Waals surface area contributed by atoms with Gasteiger partial charge in [0.1, 0.15) is 0 Å². The lowest BCUT2D eigenvalue weighted by atomic mass is 10.2. The summed E-state index contributed by atoms with van der Waals surface area (Å²) in [6, 6.07) is 8.89. The molecule has 1 N–H and O–H groups in total. The third-order valence-corrected chi connectivity index (χ3v) is 2.79. The number of hydrogen-bond donors (Lipinski definition) is 1. The molecule has 0 saturated carbocycles. The Morgan fingerprint density at radius 1 is 1.13 bits per heavy atom. The maximum Gasteiger partial charge on any atom is 0.0366 e. The highest BCUT2D eigenvalue weighted by Crippen LogP contribution is 2.20.